The maximum absolute atomic E-state index is 14.3. The molecule has 1 aliphatic heterocycles. The Morgan fingerprint density at radius 1 is 0.902 bits per heavy atom. The number of carbonyl (C=O) groups excluding carboxylic acids is 3. The summed E-state index contributed by atoms with van der Waals surface area (Å²) in [7, 11) is 0. The van der Waals surface area contributed by atoms with Crippen LogP contribution in [0.4, 0.5) is 5.69 Å². The molecule has 1 aliphatic carbocycles. The van der Waals surface area contributed by atoms with Crippen LogP contribution in [-0.4, -0.2) is 41.2 Å². The summed E-state index contributed by atoms with van der Waals surface area (Å²) in [5.41, 5.74) is 3.08. The number of rotatable bonds is 9. The SMILES string of the molecule is O=C(NC1CCCC1)C(Cc1ccccc1)N(Cc1cccc(Cl)c1)C(=O)CN1C(=O)c2cccc3cccc1c23. The zero-order valence-electron chi connectivity index (χ0n) is 22.8. The van der Waals surface area contributed by atoms with Gasteiger partial charge in [0.05, 0.1) is 5.69 Å². The normalized spacial score (nSPS) is 15.3. The van der Waals surface area contributed by atoms with E-state index in [0.29, 0.717) is 22.7 Å². The third-order valence-electron chi connectivity index (χ3n) is 8.16. The molecule has 6 nitrogen and oxygen atoms in total. The highest BCUT2D eigenvalue weighted by Gasteiger charge is 2.36. The maximum Gasteiger partial charge on any atom is 0.259 e. The summed E-state index contributed by atoms with van der Waals surface area (Å²) < 4.78 is 0. The molecule has 1 fully saturated rings. The lowest BCUT2D eigenvalue weighted by molar-refractivity contribution is -0.140. The van der Waals surface area contributed by atoms with Gasteiger partial charge in [0.1, 0.15) is 12.6 Å². The fourth-order valence-corrected chi connectivity index (χ4v) is 6.33. The van der Waals surface area contributed by atoms with Crippen molar-refractivity contribution < 1.29 is 14.4 Å². The minimum absolute atomic E-state index is 0.108. The van der Waals surface area contributed by atoms with Gasteiger partial charge in [-0.2, -0.15) is 0 Å². The van der Waals surface area contributed by atoms with Crippen LogP contribution >= 0.6 is 11.6 Å². The van der Waals surface area contributed by atoms with Gasteiger partial charge in [0.25, 0.3) is 5.91 Å². The van der Waals surface area contributed by atoms with Gasteiger partial charge in [0, 0.05) is 35.0 Å². The van der Waals surface area contributed by atoms with E-state index in [1.54, 1.807) is 21.9 Å². The van der Waals surface area contributed by atoms with Crippen LogP contribution in [0, 0.1) is 0 Å². The Morgan fingerprint density at radius 2 is 1.61 bits per heavy atom. The first-order valence-electron chi connectivity index (χ1n) is 14.2. The number of nitrogens with one attached hydrogen (secondary N) is 1. The molecule has 1 atom stereocenters. The average molecular weight is 566 g/mol. The lowest BCUT2D eigenvalue weighted by Crippen LogP contribution is -2.54. The number of amides is 3. The van der Waals surface area contributed by atoms with Crippen LogP contribution in [0.5, 0.6) is 0 Å². The highest BCUT2D eigenvalue weighted by Crippen LogP contribution is 2.37. The lowest BCUT2D eigenvalue weighted by Gasteiger charge is -2.33. The topological polar surface area (TPSA) is 69.7 Å². The number of hydrogen-bond donors (Lipinski definition) is 1. The van der Waals surface area contributed by atoms with Crippen molar-refractivity contribution in [1.82, 2.24) is 10.2 Å². The van der Waals surface area contributed by atoms with Crippen LogP contribution in [0.2, 0.25) is 5.02 Å². The fraction of sp³-hybridized carbons (Fsp3) is 0.265. The summed E-state index contributed by atoms with van der Waals surface area (Å²) in [5.74, 6) is -0.678. The molecule has 0 bridgehead atoms. The van der Waals surface area contributed by atoms with E-state index in [1.807, 2.05) is 78.9 Å². The van der Waals surface area contributed by atoms with E-state index in [-0.39, 0.29) is 36.9 Å². The van der Waals surface area contributed by atoms with Gasteiger partial charge >= 0.3 is 0 Å². The van der Waals surface area contributed by atoms with Crippen LogP contribution in [0.25, 0.3) is 10.8 Å². The Labute approximate surface area is 244 Å². The number of nitrogens with zero attached hydrogens (tertiary/aromatic N) is 2. The Bertz CT molecular complexity index is 1590. The van der Waals surface area contributed by atoms with Gasteiger partial charge in [-0.3, -0.25) is 19.3 Å². The molecule has 208 valence electrons. The molecule has 0 aromatic heterocycles. The van der Waals surface area contributed by atoms with Gasteiger partial charge in [-0.05, 0) is 53.6 Å². The molecule has 6 rings (SSSR count). The molecule has 4 aromatic rings. The number of benzene rings is 4. The van der Waals surface area contributed by atoms with Crippen LogP contribution in [0.15, 0.2) is 91.0 Å². The summed E-state index contributed by atoms with van der Waals surface area (Å²) in [5, 5.41) is 5.59. The Kier molecular flexibility index (Phi) is 7.75. The summed E-state index contributed by atoms with van der Waals surface area (Å²) in [6.45, 7) is 0.0172. The zero-order valence-corrected chi connectivity index (χ0v) is 23.5. The fourth-order valence-electron chi connectivity index (χ4n) is 6.12. The van der Waals surface area contributed by atoms with Crippen molar-refractivity contribution in [2.45, 2.75) is 50.7 Å². The van der Waals surface area contributed by atoms with E-state index < -0.39 is 6.04 Å². The van der Waals surface area contributed by atoms with Crippen LogP contribution in [-0.2, 0) is 22.6 Å². The molecule has 1 heterocycles. The second-order valence-electron chi connectivity index (χ2n) is 10.9. The molecule has 3 amide bonds. The summed E-state index contributed by atoms with van der Waals surface area (Å²) in [4.78, 5) is 44.9. The second-order valence-corrected chi connectivity index (χ2v) is 11.4. The Hall–Kier alpha value is -4.16. The predicted octanol–water partition coefficient (Wildman–Crippen LogP) is 6.15. The van der Waals surface area contributed by atoms with E-state index >= 15 is 0 Å². The number of anilines is 1. The average Bonchev–Trinajstić information content (AvgIpc) is 3.59. The van der Waals surface area contributed by atoms with Crippen LogP contribution in [0.1, 0.15) is 47.2 Å². The molecule has 2 aliphatic rings. The molecule has 0 saturated heterocycles. The first-order chi connectivity index (χ1) is 20.0. The standard InChI is InChI=1S/C34H32ClN3O3/c35-26-14-6-11-24(19-26)21-37(30(20-23-9-2-1-3-10-23)33(40)36-27-15-4-5-16-27)31(39)22-38-29-18-8-13-25-12-7-17-28(32(25)29)34(38)41/h1-3,6-14,17-19,27,30H,4-5,15-16,20-22H2,(H,36,40). The highest BCUT2D eigenvalue weighted by atomic mass is 35.5. The molecule has 0 spiro atoms. The largest absolute Gasteiger partial charge is 0.352 e. The summed E-state index contributed by atoms with van der Waals surface area (Å²) >= 11 is 6.31. The molecule has 41 heavy (non-hydrogen) atoms. The van der Waals surface area contributed by atoms with Crippen molar-refractivity contribution in [3.05, 3.63) is 113 Å². The minimum atomic E-state index is -0.764. The molecule has 0 radical (unpaired) electrons. The van der Waals surface area contributed by atoms with Crippen LogP contribution in [0.3, 0.4) is 0 Å². The Balaban J connectivity index is 1.35. The van der Waals surface area contributed by atoms with Gasteiger partial charge in [-0.1, -0.05) is 91.2 Å². The van der Waals surface area contributed by atoms with E-state index in [4.69, 9.17) is 11.6 Å². The second kappa shape index (κ2) is 11.8. The van der Waals surface area contributed by atoms with Crippen molar-refractivity contribution >= 4 is 45.8 Å². The van der Waals surface area contributed by atoms with E-state index in [1.165, 1.54) is 0 Å². The highest BCUT2D eigenvalue weighted by molar-refractivity contribution is 6.30. The van der Waals surface area contributed by atoms with Crippen molar-refractivity contribution in [1.29, 1.82) is 0 Å². The lowest BCUT2D eigenvalue weighted by atomic mass is 10.0. The van der Waals surface area contributed by atoms with Gasteiger partial charge in [-0.15, -0.1) is 0 Å². The molecular weight excluding hydrogens is 534 g/mol. The quantitative estimate of drug-likeness (QED) is 0.264. The van der Waals surface area contributed by atoms with Gasteiger partial charge in [-0.25, -0.2) is 0 Å². The molecule has 1 N–H and O–H groups in total. The van der Waals surface area contributed by atoms with E-state index in [2.05, 4.69) is 5.32 Å². The smallest absolute Gasteiger partial charge is 0.259 e. The number of hydrogen-bond acceptors (Lipinski definition) is 3. The van der Waals surface area contributed by atoms with Gasteiger partial charge in [0.15, 0.2) is 0 Å². The third kappa shape index (κ3) is 5.70. The molecular formula is C34H32ClN3O3. The monoisotopic (exact) mass is 565 g/mol. The Morgan fingerprint density at radius 3 is 2.37 bits per heavy atom. The zero-order chi connectivity index (χ0) is 28.3. The van der Waals surface area contributed by atoms with Gasteiger partial charge < -0.3 is 10.2 Å². The summed E-state index contributed by atoms with van der Waals surface area (Å²) in [6, 6.07) is 27.8. The third-order valence-corrected chi connectivity index (χ3v) is 8.39. The first kappa shape index (κ1) is 27.0. The number of halogens is 1. The molecule has 4 aromatic carbocycles. The minimum Gasteiger partial charge on any atom is -0.352 e. The molecule has 1 unspecified atom stereocenters. The number of carbonyl (C=O) groups is 3. The first-order valence-corrected chi connectivity index (χ1v) is 14.6. The van der Waals surface area contributed by atoms with Crippen molar-refractivity contribution in [2.24, 2.45) is 0 Å². The maximum atomic E-state index is 14.3. The molecule has 1 saturated carbocycles. The van der Waals surface area contributed by atoms with Gasteiger partial charge in [0.2, 0.25) is 11.8 Å². The van der Waals surface area contributed by atoms with Crippen molar-refractivity contribution in [3.8, 4) is 0 Å². The van der Waals surface area contributed by atoms with Crippen molar-refractivity contribution in [2.75, 3.05) is 11.4 Å². The van der Waals surface area contributed by atoms with Crippen LogP contribution < -0.4 is 10.2 Å². The van der Waals surface area contributed by atoms with E-state index in [0.717, 1.165) is 47.6 Å². The summed E-state index contributed by atoms with van der Waals surface area (Å²) in [6.07, 6.45) is 4.41. The molecule has 7 heteroatoms. The van der Waals surface area contributed by atoms with Crippen molar-refractivity contribution in [3.63, 3.8) is 0 Å². The predicted molar refractivity (Wildman–Crippen MR) is 162 cm³/mol. The van der Waals surface area contributed by atoms with E-state index in [9.17, 15) is 14.4 Å².